The molecular weight excluding hydrogens is 244 g/mol. The average molecular weight is 266 g/mol. The lowest BCUT2D eigenvalue weighted by Crippen LogP contribution is -2.51. The van der Waals surface area contributed by atoms with E-state index in [0.29, 0.717) is 19.5 Å². The van der Waals surface area contributed by atoms with Crippen LogP contribution in [0.3, 0.4) is 0 Å². The molecule has 0 aromatic carbocycles. The summed E-state index contributed by atoms with van der Waals surface area (Å²) >= 11 is 0. The number of allylic oxidation sites excluding steroid dienone is 1. The number of hydrogen-bond acceptors (Lipinski definition) is 2. The van der Waals surface area contributed by atoms with Gasteiger partial charge in [0.15, 0.2) is 0 Å². The zero-order valence-corrected chi connectivity index (χ0v) is 11.3. The van der Waals surface area contributed by atoms with Crippen molar-refractivity contribution in [1.29, 1.82) is 0 Å². The van der Waals surface area contributed by atoms with E-state index in [1.54, 1.807) is 4.90 Å². The summed E-state index contributed by atoms with van der Waals surface area (Å²) in [5.74, 6) is -1.05. The summed E-state index contributed by atoms with van der Waals surface area (Å²) in [4.78, 5) is 24.9. The van der Waals surface area contributed by atoms with Gasteiger partial charge in [-0.05, 0) is 31.6 Å². The number of carboxylic acid groups (broad SMARTS) is 1. The van der Waals surface area contributed by atoms with Crippen molar-refractivity contribution in [3.63, 3.8) is 0 Å². The van der Waals surface area contributed by atoms with Crippen LogP contribution in [0, 0.1) is 11.8 Å². The number of amides is 2. The Morgan fingerprint density at radius 3 is 2.68 bits per heavy atom. The maximum Gasteiger partial charge on any atom is 0.317 e. The first-order valence-electron chi connectivity index (χ1n) is 7.01. The number of aliphatic carboxylic acids is 1. The quantitative estimate of drug-likeness (QED) is 0.749. The van der Waals surface area contributed by atoms with Gasteiger partial charge in [-0.2, -0.15) is 0 Å². The van der Waals surface area contributed by atoms with Gasteiger partial charge in [0, 0.05) is 19.1 Å². The summed E-state index contributed by atoms with van der Waals surface area (Å²) in [5.41, 5.74) is 0. The van der Waals surface area contributed by atoms with Crippen molar-refractivity contribution >= 4 is 12.0 Å². The molecule has 2 amide bonds. The Kier molecular flexibility index (Phi) is 4.45. The highest BCUT2D eigenvalue weighted by molar-refractivity contribution is 5.76. The Hall–Kier alpha value is -1.52. The highest BCUT2D eigenvalue weighted by Gasteiger charge is 2.33. The molecule has 2 N–H and O–H groups in total. The van der Waals surface area contributed by atoms with Gasteiger partial charge in [0.2, 0.25) is 0 Å². The van der Waals surface area contributed by atoms with Crippen LogP contribution in [0.1, 0.15) is 32.6 Å². The predicted molar refractivity (Wildman–Crippen MR) is 71.8 cm³/mol. The smallest absolute Gasteiger partial charge is 0.317 e. The molecular formula is C14H22N2O3. The van der Waals surface area contributed by atoms with E-state index in [9.17, 15) is 9.59 Å². The van der Waals surface area contributed by atoms with Gasteiger partial charge in [0.25, 0.3) is 0 Å². The first kappa shape index (κ1) is 13.9. The fourth-order valence-electron chi connectivity index (χ4n) is 2.89. The van der Waals surface area contributed by atoms with Crippen molar-refractivity contribution in [1.82, 2.24) is 10.2 Å². The van der Waals surface area contributed by atoms with Gasteiger partial charge in [-0.1, -0.05) is 19.1 Å². The minimum Gasteiger partial charge on any atom is -0.481 e. The number of rotatable bonds is 2. The number of carbonyl (C=O) groups is 2. The molecule has 1 aliphatic heterocycles. The summed E-state index contributed by atoms with van der Waals surface area (Å²) in [6.07, 6.45) is 7.70. The van der Waals surface area contributed by atoms with E-state index in [2.05, 4.69) is 17.5 Å². The van der Waals surface area contributed by atoms with Crippen molar-refractivity contribution in [2.24, 2.45) is 11.8 Å². The fraction of sp³-hybridized carbons (Fsp3) is 0.714. The lowest BCUT2D eigenvalue weighted by atomic mass is 9.87. The molecule has 1 aliphatic carbocycles. The molecule has 5 nitrogen and oxygen atoms in total. The van der Waals surface area contributed by atoms with E-state index in [-0.39, 0.29) is 23.9 Å². The molecule has 3 unspecified atom stereocenters. The lowest BCUT2D eigenvalue weighted by molar-refractivity contribution is -0.145. The zero-order valence-electron chi connectivity index (χ0n) is 11.3. The predicted octanol–water partition coefficient (Wildman–Crippen LogP) is 1.85. The largest absolute Gasteiger partial charge is 0.481 e. The van der Waals surface area contributed by atoms with Crippen LogP contribution in [0.2, 0.25) is 0 Å². The van der Waals surface area contributed by atoms with E-state index in [0.717, 1.165) is 19.3 Å². The third-order valence-electron chi connectivity index (χ3n) is 4.11. The minimum absolute atomic E-state index is 0.0169. The van der Waals surface area contributed by atoms with E-state index in [1.165, 1.54) is 0 Å². The second-order valence-corrected chi connectivity index (χ2v) is 5.59. The number of piperidine rings is 1. The molecule has 19 heavy (non-hydrogen) atoms. The summed E-state index contributed by atoms with van der Waals surface area (Å²) in [7, 11) is 0. The molecule has 0 spiro atoms. The van der Waals surface area contributed by atoms with E-state index in [4.69, 9.17) is 5.11 Å². The summed E-state index contributed by atoms with van der Waals surface area (Å²) < 4.78 is 0. The molecule has 2 rings (SSSR count). The number of carbonyl (C=O) groups excluding carboxylic acids is 1. The minimum atomic E-state index is -0.745. The van der Waals surface area contributed by atoms with Gasteiger partial charge in [-0.15, -0.1) is 0 Å². The van der Waals surface area contributed by atoms with E-state index >= 15 is 0 Å². The normalized spacial score (nSPS) is 31.0. The van der Waals surface area contributed by atoms with Crippen LogP contribution in [0.15, 0.2) is 12.2 Å². The van der Waals surface area contributed by atoms with Crippen molar-refractivity contribution in [2.75, 3.05) is 13.1 Å². The zero-order chi connectivity index (χ0) is 13.8. The third kappa shape index (κ3) is 3.49. The van der Waals surface area contributed by atoms with Crippen LogP contribution < -0.4 is 5.32 Å². The van der Waals surface area contributed by atoms with Crippen LogP contribution in [0.5, 0.6) is 0 Å². The molecule has 2 aliphatic rings. The van der Waals surface area contributed by atoms with Gasteiger partial charge < -0.3 is 15.3 Å². The van der Waals surface area contributed by atoms with Gasteiger partial charge in [-0.25, -0.2) is 4.79 Å². The topological polar surface area (TPSA) is 69.6 Å². The second-order valence-electron chi connectivity index (χ2n) is 5.59. The SMILES string of the molecule is CC1CN(C(=O)NC2CC=CCC2)CCC1C(=O)O. The Bertz CT molecular complexity index is 381. The lowest BCUT2D eigenvalue weighted by Gasteiger charge is -2.36. The highest BCUT2D eigenvalue weighted by Crippen LogP contribution is 2.23. The van der Waals surface area contributed by atoms with Crippen molar-refractivity contribution < 1.29 is 14.7 Å². The molecule has 0 bridgehead atoms. The maximum atomic E-state index is 12.1. The first-order chi connectivity index (χ1) is 9.08. The first-order valence-corrected chi connectivity index (χ1v) is 7.01. The second kappa shape index (κ2) is 6.08. The monoisotopic (exact) mass is 266 g/mol. The molecule has 0 aromatic heterocycles. The Balaban J connectivity index is 1.84. The molecule has 1 fully saturated rings. The fourth-order valence-corrected chi connectivity index (χ4v) is 2.89. The number of nitrogens with one attached hydrogen (secondary N) is 1. The van der Waals surface area contributed by atoms with Crippen LogP contribution in [-0.4, -0.2) is 41.1 Å². The van der Waals surface area contributed by atoms with Crippen LogP contribution >= 0.6 is 0 Å². The average Bonchev–Trinajstić information content (AvgIpc) is 2.39. The summed E-state index contributed by atoms with van der Waals surface area (Å²) in [6.45, 7) is 2.97. The Morgan fingerprint density at radius 1 is 1.32 bits per heavy atom. The molecule has 0 aromatic rings. The van der Waals surface area contributed by atoms with Crippen LogP contribution in [-0.2, 0) is 4.79 Å². The molecule has 1 saturated heterocycles. The molecule has 0 radical (unpaired) electrons. The van der Waals surface area contributed by atoms with Gasteiger partial charge in [0.05, 0.1) is 5.92 Å². The molecule has 106 valence electrons. The van der Waals surface area contributed by atoms with Gasteiger partial charge in [-0.3, -0.25) is 4.79 Å². The van der Waals surface area contributed by atoms with E-state index in [1.807, 2.05) is 6.92 Å². The number of hydrogen-bond donors (Lipinski definition) is 2. The number of urea groups is 1. The summed E-state index contributed by atoms with van der Waals surface area (Å²) in [6, 6.07) is 0.181. The molecule has 1 heterocycles. The van der Waals surface area contributed by atoms with Crippen LogP contribution in [0.25, 0.3) is 0 Å². The Labute approximate surface area is 113 Å². The molecule has 3 atom stereocenters. The van der Waals surface area contributed by atoms with Gasteiger partial charge >= 0.3 is 12.0 Å². The van der Waals surface area contributed by atoms with Crippen molar-refractivity contribution in [3.05, 3.63) is 12.2 Å². The van der Waals surface area contributed by atoms with Crippen molar-refractivity contribution in [3.8, 4) is 0 Å². The van der Waals surface area contributed by atoms with Crippen LogP contribution in [0.4, 0.5) is 4.79 Å². The number of nitrogens with zero attached hydrogens (tertiary/aromatic N) is 1. The maximum absolute atomic E-state index is 12.1. The summed E-state index contributed by atoms with van der Waals surface area (Å²) in [5, 5.41) is 12.1. The molecule has 0 saturated carbocycles. The van der Waals surface area contributed by atoms with Gasteiger partial charge in [0.1, 0.15) is 0 Å². The third-order valence-corrected chi connectivity index (χ3v) is 4.11. The van der Waals surface area contributed by atoms with Crippen molar-refractivity contribution in [2.45, 2.75) is 38.6 Å². The Morgan fingerprint density at radius 2 is 2.11 bits per heavy atom. The number of carboxylic acids is 1. The standard InChI is InChI=1S/C14H22N2O3/c1-10-9-16(8-7-12(10)13(17)18)14(19)15-11-5-3-2-4-6-11/h2-3,10-12H,4-9H2,1H3,(H,15,19)(H,17,18). The molecule has 5 heteroatoms. The van der Waals surface area contributed by atoms with E-state index < -0.39 is 5.97 Å². The number of likely N-dealkylation sites (tertiary alicyclic amines) is 1. The highest BCUT2D eigenvalue weighted by atomic mass is 16.4.